The topological polar surface area (TPSA) is 140 Å². The van der Waals surface area contributed by atoms with E-state index in [-0.39, 0.29) is 28.8 Å². The number of amides is 2. The van der Waals surface area contributed by atoms with Gasteiger partial charge in [-0.3, -0.25) is 24.5 Å². The normalized spacial score (nSPS) is 14.4. The largest absolute Gasteiger partial charge is 0.446 e. The summed E-state index contributed by atoms with van der Waals surface area (Å²) in [4.78, 5) is 46.8. The van der Waals surface area contributed by atoms with E-state index in [1.165, 1.54) is 38.1 Å². The third-order valence-electron chi connectivity index (χ3n) is 5.17. The molecule has 0 aromatic heterocycles. The van der Waals surface area contributed by atoms with Gasteiger partial charge in [0.1, 0.15) is 5.75 Å². The molecule has 12 heteroatoms. The van der Waals surface area contributed by atoms with Crippen molar-refractivity contribution in [3.8, 4) is 5.75 Å². The Balaban J connectivity index is 1.55. The summed E-state index contributed by atoms with van der Waals surface area (Å²) in [6.07, 6.45) is -0.904. The number of nitrogens with one attached hydrogen (secondary N) is 1. The molecule has 0 aliphatic carbocycles. The minimum absolute atomic E-state index is 0.0841. The zero-order valence-corrected chi connectivity index (χ0v) is 21.1. The van der Waals surface area contributed by atoms with E-state index in [2.05, 4.69) is 26.3 Å². The molecular formula is C25H19BrN4O7. The Bertz CT molecular complexity index is 1440. The fraction of sp³-hybridized carbons (Fsp3) is 0.120. The first-order valence-corrected chi connectivity index (χ1v) is 11.6. The first-order valence-electron chi connectivity index (χ1n) is 10.8. The van der Waals surface area contributed by atoms with Gasteiger partial charge in [0.2, 0.25) is 18.0 Å². The zero-order valence-electron chi connectivity index (χ0n) is 19.5. The van der Waals surface area contributed by atoms with Crippen LogP contribution in [0.2, 0.25) is 0 Å². The standard InChI is InChI=1S/C25H19BrN4O7/c1-14(31)29-25(37-24(28-29)21-13-18(26)8-11-22(21)36-15(2)32)16-6-9-19(10-7-16)27-23(33)17-4-3-5-20(12-17)30(34)35/h3-13,25H,1-2H3,(H,27,33). The second kappa shape index (κ2) is 10.6. The molecule has 1 atom stereocenters. The Morgan fingerprint density at radius 3 is 2.46 bits per heavy atom. The highest BCUT2D eigenvalue weighted by molar-refractivity contribution is 9.10. The van der Waals surface area contributed by atoms with E-state index in [4.69, 9.17) is 9.47 Å². The maximum atomic E-state index is 12.5. The Labute approximate surface area is 219 Å². The van der Waals surface area contributed by atoms with Gasteiger partial charge in [-0.1, -0.05) is 34.1 Å². The number of hydrazone groups is 1. The van der Waals surface area contributed by atoms with Crippen LogP contribution in [-0.2, 0) is 14.3 Å². The van der Waals surface area contributed by atoms with E-state index >= 15 is 0 Å². The van der Waals surface area contributed by atoms with E-state index in [9.17, 15) is 24.5 Å². The summed E-state index contributed by atoms with van der Waals surface area (Å²) in [5, 5.41) is 19.1. The number of nitrogens with zero attached hydrogens (tertiary/aromatic N) is 3. The van der Waals surface area contributed by atoms with Crippen molar-refractivity contribution in [1.82, 2.24) is 5.01 Å². The van der Waals surface area contributed by atoms with Gasteiger partial charge >= 0.3 is 5.97 Å². The predicted octanol–water partition coefficient (Wildman–Crippen LogP) is 4.77. The second-order valence-corrected chi connectivity index (χ2v) is 8.77. The van der Waals surface area contributed by atoms with Gasteiger partial charge in [-0.05, 0) is 36.4 Å². The van der Waals surface area contributed by atoms with Gasteiger partial charge in [0.05, 0.1) is 10.5 Å². The molecule has 0 fully saturated rings. The van der Waals surface area contributed by atoms with Crippen molar-refractivity contribution in [1.29, 1.82) is 0 Å². The van der Waals surface area contributed by atoms with Crippen molar-refractivity contribution in [3.63, 3.8) is 0 Å². The fourth-order valence-electron chi connectivity index (χ4n) is 3.50. The number of rotatable bonds is 6. The summed E-state index contributed by atoms with van der Waals surface area (Å²) in [5.41, 5.74) is 1.31. The molecule has 0 bridgehead atoms. The Kier molecular flexibility index (Phi) is 7.30. The smallest absolute Gasteiger partial charge is 0.308 e. The number of esters is 1. The first-order chi connectivity index (χ1) is 17.6. The molecule has 1 unspecified atom stereocenters. The molecule has 0 radical (unpaired) electrons. The van der Waals surface area contributed by atoms with Gasteiger partial charge in [0, 0.05) is 47.3 Å². The Hall–Kier alpha value is -4.58. The number of hydrogen-bond donors (Lipinski definition) is 1. The van der Waals surface area contributed by atoms with E-state index in [1.807, 2.05) is 0 Å². The molecule has 0 saturated carbocycles. The summed E-state index contributed by atoms with van der Waals surface area (Å²) >= 11 is 3.37. The van der Waals surface area contributed by atoms with Gasteiger partial charge in [0.15, 0.2) is 0 Å². The molecule has 188 valence electrons. The number of benzene rings is 3. The van der Waals surface area contributed by atoms with Crippen LogP contribution in [0, 0.1) is 10.1 Å². The van der Waals surface area contributed by atoms with E-state index in [0.717, 1.165) is 5.01 Å². The number of ether oxygens (including phenoxy) is 2. The highest BCUT2D eigenvalue weighted by Gasteiger charge is 2.34. The maximum absolute atomic E-state index is 12.5. The van der Waals surface area contributed by atoms with E-state index in [0.29, 0.717) is 21.3 Å². The Morgan fingerprint density at radius 1 is 1.08 bits per heavy atom. The zero-order chi connectivity index (χ0) is 26.7. The summed E-state index contributed by atoms with van der Waals surface area (Å²) in [6, 6.07) is 16.8. The average molecular weight is 567 g/mol. The quantitative estimate of drug-likeness (QED) is 0.196. The number of carbonyl (C=O) groups excluding carboxylic acids is 3. The van der Waals surface area contributed by atoms with E-state index in [1.54, 1.807) is 42.5 Å². The number of nitro benzene ring substituents is 1. The van der Waals surface area contributed by atoms with Crippen LogP contribution in [0.15, 0.2) is 76.3 Å². The van der Waals surface area contributed by atoms with Crippen molar-refractivity contribution in [2.75, 3.05) is 5.32 Å². The van der Waals surface area contributed by atoms with Gasteiger partial charge < -0.3 is 14.8 Å². The number of halogens is 1. The number of anilines is 1. The molecule has 3 aromatic rings. The number of hydrogen-bond acceptors (Lipinski definition) is 8. The molecule has 3 aromatic carbocycles. The van der Waals surface area contributed by atoms with Crippen LogP contribution < -0.4 is 10.1 Å². The molecule has 1 heterocycles. The lowest BCUT2D eigenvalue weighted by Crippen LogP contribution is -2.25. The van der Waals surface area contributed by atoms with Crippen LogP contribution in [0.4, 0.5) is 11.4 Å². The molecule has 2 amide bonds. The van der Waals surface area contributed by atoms with Crippen molar-refractivity contribution in [2.24, 2.45) is 5.10 Å². The molecule has 0 saturated heterocycles. The van der Waals surface area contributed by atoms with Crippen LogP contribution in [0.3, 0.4) is 0 Å². The minimum Gasteiger partial charge on any atom is -0.446 e. The first kappa shape index (κ1) is 25.5. The van der Waals surface area contributed by atoms with Gasteiger partial charge in [-0.15, -0.1) is 5.10 Å². The van der Waals surface area contributed by atoms with Crippen LogP contribution in [0.5, 0.6) is 5.75 Å². The summed E-state index contributed by atoms with van der Waals surface area (Å²) < 4.78 is 11.9. The monoisotopic (exact) mass is 566 g/mol. The minimum atomic E-state index is -0.904. The highest BCUT2D eigenvalue weighted by atomic mass is 79.9. The summed E-state index contributed by atoms with van der Waals surface area (Å²) in [6.45, 7) is 2.61. The summed E-state index contributed by atoms with van der Waals surface area (Å²) in [5.74, 6) is -1.12. The van der Waals surface area contributed by atoms with Crippen LogP contribution in [-0.4, -0.2) is 33.6 Å². The maximum Gasteiger partial charge on any atom is 0.308 e. The second-order valence-electron chi connectivity index (χ2n) is 7.86. The molecular weight excluding hydrogens is 548 g/mol. The summed E-state index contributed by atoms with van der Waals surface area (Å²) in [7, 11) is 0. The van der Waals surface area contributed by atoms with Gasteiger partial charge in [-0.2, -0.15) is 5.01 Å². The fourth-order valence-corrected chi connectivity index (χ4v) is 3.86. The van der Waals surface area contributed by atoms with E-state index < -0.39 is 23.0 Å². The molecule has 11 nitrogen and oxygen atoms in total. The number of nitro groups is 1. The SMILES string of the molecule is CC(=O)Oc1ccc(Br)cc1C1=NN(C(C)=O)C(c2ccc(NC(=O)c3cccc([N+](=O)[O-])c3)cc2)O1. The van der Waals surface area contributed by atoms with Crippen molar-refractivity contribution >= 4 is 51.0 Å². The van der Waals surface area contributed by atoms with Crippen molar-refractivity contribution in [2.45, 2.75) is 20.1 Å². The van der Waals surface area contributed by atoms with Crippen molar-refractivity contribution in [3.05, 3.63) is 98.0 Å². The lowest BCUT2D eigenvalue weighted by atomic mass is 10.1. The predicted molar refractivity (Wildman–Crippen MR) is 136 cm³/mol. The van der Waals surface area contributed by atoms with Gasteiger partial charge in [-0.25, -0.2) is 0 Å². The lowest BCUT2D eigenvalue weighted by Gasteiger charge is -2.19. The van der Waals surface area contributed by atoms with Crippen molar-refractivity contribution < 1.29 is 28.8 Å². The van der Waals surface area contributed by atoms with Crippen LogP contribution >= 0.6 is 15.9 Å². The van der Waals surface area contributed by atoms with Crippen LogP contribution in [0.1, 0.15) is 41.6 Å². The molecule has 0 spiro atoms. The van der Waals surface area contributed by atoms with Gasteiger partial charge in [0.25, 0.3) is 11.6 Å². The number of carbonyl (C=O) groups is 3. The molecule has 4 rings (SSSR count). The molecule has 1 N–H and O–H groups in total. The lowest BCUT2D eigenvalue weighted by molar-refractivity contribution is -0.384. The Morgan fingerprint density at radius 2 is 1.81 bits per heavy atom. The average Bonchev–Trinajstić information content (AvgIpc) is 3.31. The number of non-ortho nitro benzene ring substituents is 1. The third-order valence-corrected chi connectivity index (χ3v) is 5.66. The highest BCUT2D eigenvalue weighted by Crippen LogP contribution is 2.34. The molecule has 37 heavy (non-hydrogen) atoms. The molecule has 1 aliphatic heterocycles. The molecule has 1 aliphatic rings. The van der Waals surface area contributed by atoms with Crippen LogP contribution in [0.25, 0.3) is 0 Å². The third kappa shape index (κ3) is 5.81.